The van der Waals surface area contributed by atoms with Gasteiger partial charge in [-0.3, -0.25) is 4.74 Å². The lowest BCUT2D eigenvalue weighted by atomic mass is 11.6. The molecule has 0 bridgehead atoms. The Balaban J connectivity index is 4.00. The van der Waals surface area contributed by atoms with Crippen molar-refractivity contribution in [1.82, 2.24) is 0 Å². The standard InChI is InChI=1S/C4H12NO2P/c1-5-8(4,6-2)7-3/h1-4H3. The van der Waals surface area contributed by atoms with E-state index in [1.807, 2.05) is 6.66 Å². The second-order valence-electron chi connectivity index (χ2n) is 1.37. The third-order valence-corrected chi connectivity index (χ3v) is 3.12. The molecule has 0 aromatic carbocycles. The van der Waals surface area contributed by atoms with E-state index in [1.165, 1.54) is 0 Å². The molecule has 0 aliphatic rings. The first-order valence-electron chi connectivity index (χ1n) is 2.28. The van der Waals surface area contributed by atoms with Gasteiger partial charge in [0, 0.05) is 27.9 Å². The molecule has 0 atom stereocenters. The highest BCUT2D eigenvalue weighted by molar-refractivity contribution is 7.55. The van der Waals surface area contributed by atoms with E-state index >= 15 is 0 Å². The SMILES string of the molecule is CN=P(C)(OC)OC. The van der Waals surface area contributed by atoms with Gasteiger partial charge in [0.25, 0.3) is 0 Å². The molecule has 0 amide bonds. The van der Waals surface area contributed by atoms with Gasteiger partial charge in [0.2, 0.25) is 7.51 Å². The third kappa shape index (κ3) is 1.95. The molecular weight excluding hydrogens is 125 g/mol. The minimum atomic E-state index is -1.79. The molecule has 0 spiro atoms. The molecular formula is C4H12NO2P. The third-order valence-electron chi connectivity index (χ3n) is 1.04. The highest BCUT2D eigenvalue weighted by Crippen LogP contribution is 2.45. The molecule has 0 heterocycles. The molecule has 0 unspecified atom stereocenters. The fourth-order valence-electron chi connectivity index (χ4n) is 0.238. The molecule has 0 radical (unpaired) electrons. The van der Waals surface area contributed by atoms with Crippen LogP contribution in [0.1, 0.15) is 0 Å². The van der Waals surface area contributed by atoms with Crippen molar-refractivity contribution >= 4 is 7.51 Å². The van der Waals surface area contributed by atoms with Crippen molar-refractivity contribution in [2.24, 2.45) is 4.74 Å². The van der Waals surface area contributed by atoms with Crippen molar-refractivity contribution in [2.45, 2.75) is 0 Å². The van der Waals surface area contributed by atoms with Crippen LogP contribution in [0.4, 0.5) is 0 Å². The Morgan fingerprint density at radius 1 is 1.25 bits per heavy atom. The molecule has 3 nitrogen and oxygen atoms in total. The Bertz CT molecular complexity index is 105. The fraction of sp³-hybridized carbons (Fsp3) is 1.00. The van der Waals surface area contributed by atoms with Gasteiger partial charge in [0.05, 0.1) is 0 Å². The van der Waals surface area contributed by atoms with Gasteiger partial charge in [-0.05, 0) is 0 Å². The van der Waals surface area contributed by atoms with Gasteiger partial charge in [0.15, 0.2) is 0 Å². The Morgan fingerprint density at radius 3 is 1.62 bits per heavy atom. The molecule has 8 heavy (non-hydrogen) atoms. The van der Waals surface area contributed by atoms with Gasteiger partial charge in [0.1, 0.15) is 0 Å². The summed E-state index contributed by atoms with van der Waals surface area (Å²) in [6.45, 7) is 1.85. The quantitative estimate of drug-likeness (QED) is 0.541. The smallest absolute Gasteiger partial charge is 0.208 e. The van der Waals surface area contributed by atoms with Crippen LogP contribution in [-0.4, -0.2) is 27.9 Å². The van der Waals surface area contributed by atoms with E-state index < -0.39 is 7.51 Å². The average molecular weight is 137 g/mol. The van der Waals surface area contributed by atoms with Crippen molar-refractivity contribution < 1.29 is 9.05 Å². The van der Waals surface area contributed by atoms with E-state index in [1.54, 1.807) is 21.3 Å². The Labute approximate surface area is 50.2 Å². The summed E-state index contributed by atoms with van der Waals surface area (Å²) < 4.78 is 13.8. The zero-order valence-electron chi connectivity index (χ0n) is 5.71. The van der Waals surface area contributed by atoms with Crippen molar-refractivity contribution in [3.8, 4) is 0 Å². The van der Waals surface area contributed by atoms with E-state index in [9.17, 15) is 0 Å². The predicted molar refractivity (Wildman–Crippen MR) is 35.2 cm³/mol. The molecule has 4 heteroatoms. The van der Waals surface area contributed by atoms with Gasteiger partial charge >= 0.3 is 0 Å². The summed E-state index contributed by atoms with van der Waals surface area (Å²) in [7, 11) is 3.11. The van der Waals surface area contributed by atoms with Crippen molar-refractivity contribution in [2.75, 3.05) is 27.9 Å². The van der Waals surface area contributed by atoms with E-state index in [0.717, 1.165) is 0 Å². The van der Waals surface area contributed by atoms with E-state index in [2.05, 4.69) is 4.74 Å². The van der Waals surface area contributed by atoms with Gasteiger partial charge in [-0.2, -0.15) is 0 Å². The highest BCUT2D eigenvalue weighted by Gasteiger charge is 2.05. The second kappa shape index (κ2) is 3.23. The Morgan fingerprint density at radius 2 is 1.62 bits per heavy atom. The molecule has 0 aliphatic heterocycles. The van der Waals surface area contributed by atoms with Gasteiger partial charge in [-0.25, -0.2) is 0 Å². The van der Waals surface area contributed by atoms with Crippen molar-refractivity contribution in [3.63, 3.8) is 0 Å². The molecule has 0 aliphatic carbocycles. The van der Waals surface area contributed by atoms with Gasteiger partial charge < -0.3 is 9.05 Å². The Hall–Kier alpha value is 0.150. The molecule has 0 rings (SSSR count). The summed E-state index contributed by atoms with van der Waals surface area (Å²) in [6, 6.07) is 0. The summed E-state index contributed by atoms with van der Waals surface area (Å²) in [6.07, 6.45) is 0. The van der Waals surface area contributed by atoms with Crippen LogP contribution >= 0.6 is 7.51 Å². The van der Waals surface area contributed by atoms with Gasteiger partial charge in [-0.15, -0.1) is 0 Å². The van der Waals surface area contributed by atoms with Crippen LogP contribution in [0.3, 0.4) is 0 Å². The molecule has 0 N–H and O–H groups in total. The van der Waals surface area contributed by atoms with Crippen LogP contribution in [0.25, 0.3) is 0 Å². The molecule has 0 aromatic heterocycles. The van der Waals surface area contributed by atoms with Crippen LogP contribution in [-0.2, 0) is 9.05 Å². The number of hydrogen-bond donors (Lipinski definition) is 0. The monoisotopic (exact) mass is 137 g/mol. The molecule has 0 fully saturated rings. The average Bonchev–Trinajstić information content (AvgIpc) is 1.87. The summed E-state index contributed by atoms with van der Waals surface area (Å²) >= 11 is 0. The fourth-order valence-corrected chi connectivity index (χ4v) is 0.714. The molecule has 0 aromatic rings. The first-order valence-corrected chi connectivity index (χ1v) is 4.30. The maximum atomic E-state index is 4.96. The van der Waals surface area contributed by atoms with Crippen LogP contribution in [0.15, 0.2) is 4.74 Å². The Kier molecular flexibility index (Phi) is 3.29. The minimum absolute atomic E-state index is 1.60. The number of rotatable bonds is 2. The normalized spacial score (nSPS) is 11.5. The van der Waals surface area contributed by atoms with Crippen molar-refractivity contribution in [3.05, 3.63) is 0 Å². The molecule has 0 saturated carbocycles. The van der Waals surface area contributed by atoms with Crippen LogP contribution in [0.5, 0.6) is 0 Å². The first kappa shape index (κ1) is 8.15. The van der Waals surface area contributed by atoms with E-state index in [4.69, 9.17) is 9.05 Å². The van der Waals surface area contributed by atoms with Crippen molar-refractivity contribution in [1.29, 1.82) is 0 Å². The topological polar surface area (TPSA) is 30.8 Å². The molecule has 0 saturated heterocycles. The maximum Gasteiger partial charge on any atom is 0.208 e. The minimum Gasteiger partial charge on any atom is -0.327 e. The summed E-state index contributed by atoms with van der Waals surface area (Å²) in [5.74, 6) is 0. The van der Waals surface area contributed by atoms with E-state index in [0.29, 0.717) is 0 Å². The molecule has 50 valence electrons. The largest absolute Gasteiger partial charge is 0.327 e. The van der Waals surface area contributed by atoms with E-state index in [-0.39, 0.29) is 0 Å². The summed E-state index contributed by atoms with van der Waals surface area (Å²) in [5, 5.41) is 0. The summed E-state index contributed by atoms with van der Waals surface area (Å²) in [5.41, 5.74) is 0. The van der Waals surface area contributed by atoms with Crippen LogP contribution in [0, 0.1) is 0 Å². The lowest BCUT2D eigenvalue weighted by Gasteiger charge is -2.12. The number of hydrogen-bond acceptors (Lipinski definition) is 3. The lowest BCUT2D eigenvalue weighted by Crippen LogP contribution is -1.84. The second-order valence-corrected chi connectivity index (χ2v) is 4.10. The maximum absolute atomic E-state index is 4.96. The van der Waals surface area contributed by atoms with Crippen LogP contribution in [0.2, 0.25) is 0 Å². The van der Waals surface area contributed by atoms with Gasteiger partial charge in [-0.1, -0.05) is 0 Å². The number of nitrogens with zero attached hydrogens (tertiary/aromatic N) is 1. The lowest BCUT2D eigenvalue weighted by molar-refractivity contribution is 0.332. The predicted octanol–water partition coefficient (Wildman–Crippen LogP) is 1.57. The zero-order chi connectivity index (χ0) is 6.62. The van der Waals surface area contributed by atoms with Crippen LogP contribution < -0.4 is 0 Å². The first-order chi connectivity index (χ1) is 3.68. The zero-order valence-corrected chi connectivity index (χ0v) is 6.61. The summed E-state index contributed by atoms with van der Waals surface area (Å²) in [4.78, 5) is 0. The highest BCUT2D eigenvalue weighted by atomic mass is 31.2.